The van der Waals surface area contributed by atoms with Crippen molar-refractivity contribution in [3.8, 4) is 11.5 Å². The molecule has 8 heteroatoms. The topological polar surface area (TPSA) is 99.0 Å². The third kappa shape index (κ3) is 3.65. The molecule has 150 valence electrons. The zero-order chi connectivity index (χ0) is 20.5. The lowest BCUT2D eigenvalue weighted by Crippen LogP contribution is -2.27. The van der Waals surface area contributed by atoms with Gasteiger partial charge in [0, 0.05) is 18.7 Å². The lowest BCUT2D eigenvalue weighted by atomic mass is 10.1. The molecule has 0 aromatic heterocycles. The number of methoxy groups -OCH3 is 1. The number of carbonyl (C=O) groups is 2. The van der Waals surface area contributed by atoms with Crippen molar-refractivity contribution in [1.82, 2.24) is 0 Å². The summed E-state index contributed by atoms with van der Waals surface area (Å²) in [5.41, 5.74) is 2.97. The standard InChI is InChI=1S/C21H20N2O6/c1-28-17-7-8-19(18(11-17)23(26)27)29-21(25)15-10-20(24)22(12-15)16-6-5-13-3-2-4-14(13)9-16/h5-9,11,15H,2-4,10,12H2,1H3. The molecule has 1 aliphatic heterocycles. The van der Waals surface area contributed by atoms with Crippen LogP contribution in [-0.4, -0.2) is 30.5 Å². The van der Waals surface area contributed by atoms with Crippen molar-refractivity contribution in [1.29, 1.82) is 0 Å². The minimum atomic E-state index is -0.683. The summed E-state index contributed by atoms with van der Waals surface area (Å²) in [5, 5.41) is 11.3. The Kier molecular flexibility index (Phi) is 4.92. The van der Waals surface area contributed by atoms with Crippen LogP contribution in [0.2, 0.25) is 0 Å². The van der Waals surface area contributed by atoms with Gasteiger partial charge in [0.1, 0.15) is 5.75 Å². The number of ether oxygens (including phenoxy) is 2. The SMILES string of the molecule is COc1ccc(OC(=O)C2CC(=O)N(c3ccc4c(c3)CCC4)C2)c([N+](=O)[O-])c1. The van der Waals surface area contributed by atoms with Gasteiger partial charge in [-0.1, -0.05) is 6.07 Å². The maximum Gasteiger partial charge on any atom is 0.316 e. The largest absolute Gasteiger partial charge is 0.496 e. The van der Waals surface area contributed by atoms with Crippen molar-refractivity contribution >= 4 is 23.3 Å². The highest BCUT2D eigenvalue weighted by atomic mass is 16.6. The van der Waals surface area contributed by atoms with Crippen LogP contribution in [0.3, 0.4) is 0 Å². The van der Waals surface area contributed by atoms with Crippen LogP contribution in [0.15, 0.2) is 36.4 Å². The van der Waals surface area contributed by atoms with Gasteiger partial charge in [-0.3, -0.25) is 19.7 Å². The second-order valence-electron chi connectivity index (χ2n) is 7.22. The molecular weight excluding hydrogens is 376 g/mol. The van der Waals surface area contributed by atoms with E-state index in [4.69, 9.17) is 9.47 Å². The fraction of sp³-hybridized carbons (Fsp3) is 0.333. The fourth-order valence-corrected chi connectivity index (χ4v) is 3.89. The Morgan fingerprint density at radius 2 is 1.97 bits per heavy atom. The normalized spacial score (nSPS) is 17.9. The summed E-state index contributed by atoms with van der Waals surface area (Å²) >= 11 is 0. The van der Waals surface area contributed by atoms with Gasteiger partial charge >= 0.3 is 11.7 Å². The molecule has 2 aliphatic rings. The molecule has 0 bridgehead atoms. The van der Waals surface area contributed by atoms with Crippen LogP contribution >= 0.6 is 0 Å². The Morgan fingerprint density at radius 1 is 1.17 bits per heavy atom. The summed E-state index contributed by atoms with van der Waals surface area (Å²) in [5.74, 6) is -1.37. The predicted molar refractivity (Wildman–Crippen MR) is 104 cm³/mol. The molecule has 0 radical (unpaired) electrons. The number of esters is 1. The van der Waals surface area contributed by atoms with Crippen molar-refractivity contribution < 1.29 is 24.0 Å². The lowest BCUT2D eigenvalue weighted by molar-refractivity contribution is -0.385. The van der Waals surface area contributed by atoms with E-state index in [-0.39, 0.29) is 36.1 Å². The molecule has 1 unspecified atom stereocenters. The van der Waals surface area contributed by atoms with Gasteiger partial charge in [-0.15, -0.1) is 0 Å². The average molecular weight is 396 g/mol. The first-order valence-corrected chi connectivity index (χ1v) is 9.42. The van der Waals surface area contributed by atoms with E-state index in [2.05, 4.69) is 0 Å². The van der Waals surface area contributed by atoms with Crippen molar-refractivity contribution in [2.45, 2.75) is 25.7 Å². The number of nitro benzene ring substituents is 1. The van der Waals surface area contributed by atoms with Gasteiger partial charge < -0.3 is 14.4 Å². The summed E-state index contributed by atoms with van der Waals surface area (Å²) < 4.78 is 10.3. The van der Waals surface area contributed by atoms with Gasteiger partial charge in [0.05, 0.1) is 24.0 Å². The second-order valence-corrected chi connectivity index (χ2v) is 7.22. The number of amides is 1. The Balaban J connectivity index is 1.49. The number of fused-ring (bicyclic) bond motifs is 1. The van der Waals surface area contributed by atoms with Crippen molar-refractivity contribution in [2.24, 2.45) is 5.92 Å². The van der Waals surface area contributed by atoms with E-state index < -0.39 is 16.8 Å². The first-order valence-electron chi connectivity index (χ1n) is 9.42. The van der Waals surface area contributed by atoms with Gasteiger partial charge in [0.15, 0.2) is 0 Å². The number of anilines is 1. The molecule has 1 atom stereocenters. The molecule has 1 heterocycles. The second kappa shape index (κ2) is 7.54. The molecule has 29 heavy (non-hydrogen) atoms. The molecule has 2 aromatic rings. The first-order chi connectivity index (χ1) is 14.0. The monoisotopic (exact) mass is 396 g/mol. The zero-order valence-corrected chi connectivity index (χ0v) is 15.9. The zero-order valence-electron chi connectivity index (χ0n) is 15.9. The van der Waals surface area contributed by atoms with E-state index in [1.165, 1.54) is 36.4 Å². The summed E-state index contributed by atoms with van der Waals surface area (Å²) in [7, 11) is 1.39. The molecule has 1 fully saturated rings. The molecule has 1 amide bonds. The highest BCUT2D eigenvalue weighted by Crippen LogP contribution is 2.34. The summed E-state index contributed by atoms with van der Waals surface area (Å²) in [6.45, 7) is 0.195. The smallest absolute Gasteiger partial charge is 0.316 e. The number of rotatable bonds is 5. The average Bonchev–Trinajstić information content (AvgIpc) is 3.33. The summed E-state index contributed by atoms with van der Waals surface area (Å²) in [4.78, 5) is 37.3. The van der Waals surface area contributed by atoms with Crippen molar-refractivity contribution in [2.75, 3.05) is 18.6 Å². The number of hydrogen-bond acceptors (Lipinski definition) is 6. The highest BCUT2D eigenvalue weighted by Gasteiger charge is 2.37. The van der Waals surface area contributed by atoms with E-state index in [1.807, 2.05) is 18.2 Å². The van der Waals surface area contributed by atoms with Gasteiger partial charge in [-0.05, 0) is 54.7 Å². The lowest BCUT2D eigenvalue weighted by Gasteiger charge is -2.17. The molecule has 0 N–H and O–H groups in total. The van der Waals surface area contributed by atoms with Gasteiger partial charge in [0.2, 0.25) is 11.7 Å². The third-order valence-electron chi connectivity index (χ3n) is 5.43. The molecule has 0 saturated carbocycles. The van der Waals surface area contributed by atoms with E-state index in [0.717, 1.165) is 24.9 Å². The molecule has 1 saturated heterocycles. The molecule has 2 aromatic carbocycles. The molecule has 8 nitrogen and oxygen atoms in total. The Hall–Kier alpha value is -3.42. The van der Waals surface area contributed by atoms with Gasteiger partial charge in [-0.2, -0.15) is 0 Å². The Labute approximate surface area is 167 Å². The maximum atomic E-state index is 12.6. The highest BCUT2D eigenvalue weighted by molar-refractivity contribution is 5.99. The van der Waals surface area contributed by atoms with E-state index in [1.54, 1.807) is 4.90 Å². The molecule has 1 aliphatic carbocycles. The first kappa shape index (κ1) is 18.9. The van der Waals surface area contributed by atoms with Crippen LogP contribution in [0.25, 0.3) is 0 Å². The Morgan fingerprint density at radius 3 is 2.72 bits per heavy atom. The third-order valence-corrected chi connectivity index (χ3v) is 5.43. The number of nitrogens with zero attached hydrogens (tertiary/aromatic N) is 2. The minimum Gasteiger partial charge on any atom is -0.496 e. The van der Waals surface area contributed by atoms with Crippen LogP contribution in [0.4, 0.5) is 11.4 Å². The molecule has 0 spiro atoms. The van der Waals surface area contributed by atoms with E-state index in [0.29, 0.717) is 0 Å². The number of benzene rings is 2. The Bertz CT molecular complexity index is 1000. The number of aryl methyl sites for hydroxylation is 2. The molecular formula is C21H20N2O6. The van der Waals surface area contributed by atoms with E-state index in [9.17, 15) is 19.7 Å². The maximum absolute atomic E-state index is 12.6. The fourth-order valence-electron chi connectivity index (χ4n) is 3.89. The minimum absolute atomic E-state index is 0.0138. The van der Waals surface area contributed by atoms with Crippen LogP contribution in [0.1, 0.15) is 24.0 Å². The van der Waals surface area contributed by atoms with Crippen LogP contribution in [0, 0.1) is 16.0 Å². The quantitative estimate of drug-likeness (QED) is 0.333. The summed E-state index contributed by atoms with van der Waals surface area (Å²) in [6.07, 6.45) is 3.18. The van der Waals surface area contributed by atoms with Gasteiger partial charge in [-0.25, -0.2) is 0 Å². The van der Waals surface area contributed by atoms with Gasteiger partial charge in [0.25, 0.3) is 0 Å². The van der Waals surface area contributed by atoms with Crippen molar-refractivity contribution in [3.05, 3.63) is 57.6 Å². The molecule has 4 rings (SSSR count). The van der Waals surface area contributed by atoms with Crippen LogP contribution in [0.5, 0.6) is 11.5 Å². The number of carbonyl (C=O) groups excluding carboxylic acids is 2. The number of hydrogen-bond donors (Lipinski definition) is 0. The van der Waals surface area contributed by atoms with Crippen LogP contribution in [-0.2, 0) is 22.4 Å². The predicted octanol–water partition coefficient (Wildman–Crippen LogP) is 3.05. The van der Waals surface area contributed by atoms with Crippen molar-refractivity contribution in [3.63, 3.8) is 0 Å². The number of nitro groups is 1. The van der Waals surface area contributed by atoms with Crippen LogP contribution < -0.4 is 14.4 Å². The summed E-state index contributed by atoms with van der Waals surface area (Å²) in [6, 6.07) is 9.96. The van der Waals surface area contributed by atoms with E-state index >= 15 is 0 Å².